The first-order chi connectivity index (χ1) is 10.8. The number of aryl methyl sites for hydroxylation is 1. The summed E-state index contributed by atoms with van der Waals surface area (Å²) in [4.78, 5) is 11.3. The van der Waals surface area contributed by atoms with Crippen molar-refractivity contribution in [1.82, 2.24) is 19.7 Å². The van der Waals surface area contributed by atoms with Crippen LogP contribution in [-0.4, -0.2) is 26.4 Å². The minimum absolute atomic E-state index is 0.242. The lowest BCUT2D eigenvalue weighted by Crippen LogP contribution is -2.00. The Morgan fingerprint density at radius 1 is 1.27 bits per heavy atom. The van der Waals surface area contributed by atoms with E-state index in [0.29, 0.717) is 0 Å². The van der Waals surface area contributed by atoms with Crippen molar-refractivity contribution in [2.75, 3.05) is 6.61 Å². The number of rotatable bonds is 3. The van der Waals surface area contributed by atoms with Crippen molar-refractivity contribution in [2.24, 2.45) is 0 Å². The van der Waals surface area contributed by atoms with Crippen molar-refractivity contribution in [2.45, 2.75) is 25.9 Å². The summed E-state index contributed by atoms with van der Waals surface area (Å²) >= 11 is 1.73. The number of hydrogen-bond acceptors (Lipinski definition) is 5. The number of aromatic nitrogens is 4. The van der Waals surface area contributed by atoms with Crippen LogP contribution in [0, 0.1) is 6.92 Å². The zero-order valence-corrected chi connectivity index (χ0v) is 13.1. The molecule has 3 aromatic rings. The summed E-state index contributed by atoms with van der Waals surface area (Å²) in [5.74, 6) is 2.36. The van der Waals surface area contributed by atoms with E-state index in [1.54, 1.807) is 22.2 Å². The van der Waals surface area contributed by atoms with Crippen LogP contribution in [0.3, 0.4) is 0 Å². The topological polar surface area (TPSA) is 52.8 Å². The highest BCUT2D eigenvalue weighted by molar-refractivity contribution is 7.15. The summed E-state index contributed by atoms with van der Waals surface area (Å²) < 4.78 is 7.57. The van der Waals surface area contributed by atoms with Crippen LogP contribution in [0.4, 0.5) is 0 Å². The first-order valence-electron chi connectivity index (χ1n) is 7.38. The minimum Gasteiger partial charge on any atom is -0.373 e. The van der Waals surface area contributed by atoms with E-state index in [4.69, 9.17) is 4.74 Å². The maximum absolute atomic E-state index is 5.76. The molecule has 0 N–H and O–H groups in total. The number of thiophene rings is 1. The van der Waals surface area contributed by atoms with Crippen molar-refractivity contribution >= 4 is 11.3 Å². The standard InChI is InChI=1S/C16H16N4OS/c1-11-18-16(20(19-11)15-6-2-3-9-17-15)14-8-7-13(22-14)12-5-4-10-21-12/h2-3,6-9,12H,4-5,10H2,1H3. The lowest BCUT2D eigenvalue weighted by molar-refractivity contribution is 0.114. The molecule has 1 aliphatic heterocycles. The number of pyridine rings is 1. The predicted molar refractivity (Wildman–Crippen MR) is 85.1 cm³/mol. The van der Waals surface area contributed by atoms with E-state index >= 15 is 0 Å². The Morgan fingerprint density at radius 3 is 3.00 bits per heavy atom. The molecule has 1 unspecified atom stereocenters. The van der Waals surface area contributed by atoms with E-state index in [9.17, 15) is 0 Å². The molecule has 4 heterocycles. The highest BCUT2D eigenvalue weighted by Gasteiger charge is 2.21. The van der Waals surface area contributed by atoms with Gasteiger partial charge in [0.05, 0.1) is 11.0 Å². The second-order valence-corrected chi connectivity index (χ2v) is 6.40. The molecule has 0 aliphatic carbocycles. The highest BCUT2D eigenvalue weighted by atomic mass is 32.1. The zero-order chi connectivity index (χ0) is 14.9. The van der Waals surface area contributed by atoms with Gasteiger partial charge in [0, 0.05) is 17.7 Å². The summed E-state index contributed by atoms with van der Waals surface area (Å²) in [5, 5.41) is 4.48. The third kappa shape index (κ3) is 2.44. The van der Waals surface area contributed by atoms with E-state index in [1.807, 2.05) is 25.1 Å². The molecule has 0 spiro atoms. The summed E-state index contributed by atoms with van der Waals surface area (Å²) in [5.41, 5.74) is 0. The fourth-order valence-electron chi connectivity index (χ4n) is 2.66. The van der Waals surface area contributed by atoms with Gasteiger partial charge in [0.15, 0.2) is 11.6 Å². The van der Waals surface area contributed by atoms with Crippen LogP contribution >= 0.6 is 11.3 Å². The lowest BCUT2D eigenvalue weighted by Gasteiger charge is -2.05. The molecule has 112 valence electrons. The Hall–Kier alpha value is -2.05. The Labute approximate surface area is 132 Å². The molecular weight excluding hydrogens is 296 g/mol. The second kappa shape index (κ2) is 5.62. The third-order valence-corrected chi connectivity index (χ3v) is 4.85. The average molecular weight is 312 g/mol. The number of hydrogen-bond donors (Lipinski definition) is 0. The summed E-state index contributed by atoms with van der Waals surface area (Å²) in [6.07, 6.45) is 4.25. The van der Waals surface area contributed by atoms with Gasteiger partial charge < -0.3 is 4.74 Å². The smallest absolute Gasteiger partial charge is 0.175 e. The first kappa shape index (κ1) is 13.6. The summed E-state index contributed by atoms with van der Waals surface area (Å²) in [6, 6.07) is 10.0. The number of ether oxygens (including phenoxy) is 1. The van der Waals surface area contributed by atoms with Crippen LogP contribution in [0.1, 0.15) is 29.6 Å². The van der Waals surface area contributed by atoms with E-state index in [1.165, 1.54) is 4.88 Å². The lowest BCUT2D eigenvalue weighted by atomic mass is 10.2. The predicted octanol–water partition coefficient (Wildman–Crippen LogP) is 3.55. The van der Waals surface area contributed by atoms with Gasteiger partial charge in [-0.2, -0.15) is 4.68 Å². The molecule has 0 bridgehead atoms. The maximum Gasteiger partial charge on any atom is 0.175 e. The molecule has 22 heavy (non-hydrogen) atoms. The maximum atomic E-state index is 5.76. The second-order valence-electron chi connectivity index (χ2n) is 5.29. The van der Waals surface area contributed by atoms with Crippen molar-refractivity contribution in [3.63, 3.8) is 0 Å². The molecule has 0 aromatic carbocycles. The third-order valence-electron chi connectivity index (χ3n) is 3.67. The molecule has 0 saturated carbocycles. The Bertz CT molecular complexity index is 775. The van der Waals surface area contributed by atoms with E-state index in [2.05, 4.69) is 27.2 Å². The molecule has 3 aromatic heterocycles. The molecular formula is C16H16N4OS. The van der Waals surface area contributed by atoms with Gasteiger partial charge >= 0.3 is 0 Å². The first-order valence-corrected chi connectivity index (χ1v) is 8.20. The molecule has 4 rings (SSSR count). The van der Waals surface area contributed by atoms with Crippen LogP contribution in [0.2, 0.25) is 0 Å². The molecule has 6 heteroatoms. The van der Waals surface area contributed by atoms with E-state index < -0.39 is 0 Å². The van der Waals surface area contributed by atoms with Crippen LogP contribution in [0.15, 0.2) is 36.5 Å². The summed E-state index contributed by atoms with van der Waals surface area (Å²) in [6.45, 7) is 2.76. The Kier molecular flexibility index (Phi) is 3.48. The fourth-order valence-corrected chi connectivity index (χ4v) is 3.73. The molecule has 1 fully saturated rings. The normalized spacial score (nSPS) is 18.0. The van der Waals surface area contributed by atoms with Crippen LogP contribution < -0.4 is 0 Å². The molecule has 5 nitrogen and oxygen atoms in total. The van der Waals surface area contributed by atoms with E-state index in [-0.39, 0.29) is 6.10 Å². The molecule has 0 amide bonds. The Morgan fingerprint density at radius 2 is 2.23 bits per heavy atom. The SMILES string of the molecule is Cc1nc(-c2ccc(C3CCCO3)s2)n(-c2ccccn2)n1. The van der Waals surface area contributed by atoms with Crippen molar-refractivity contribution in [1.29, 1.82) is 0 Å². The van der Waals surface area contributed by atoms with Gasteiger partial charge in [0.25, 0.3) is 0 Å². The largest absolute Gasteiger partial charge is 0.373 e. The molecule has 1 saturated heterocycles. The molecule has 1 aliphatic rings. The van der Waals surface area contributed by atoms with Gasteiger partial charge in [0.2, 0.25) is 0 Å². The van der Waals surface area contributed by atoms with Crippen molar-refractivity contribution in [3.8, 4) is 16.5 Å². The molecule has 0 radical (unpaired) electrons. The highest BCUT2D eigenvalue weighted by Crippen LogP contribution is 2.36. The van der Waals surface area contributed by atoms with Gasteiger partial charge in [-0.05, 0) is 44.0 Å². The van der Waals surface area contributed by atoms with Gasteiger partial charge in [-0.3, -0.25) is 0 Å². The summed E-state index contributed by atoms with van der Waals surface area (Å²) in [7, 11) is 0. The monoisotopic (exact) mass is 312 g/mol. The van der Waals surface area contributed by atoms with Gasteiger partial charge in [-0.1, -0.05) is 6.07 Å². The minimum atomic E-state index is 0.242. The van der Waals surface area contributed by atoms with E-state index in [0.717, 1.165) is 41.8 Å². The number of nitrogens with zero attached hydrogens (tertiary/aromatic N) is 4. The van der Waals surface area contributed by atoms with Crippen LogP contribution in [-0.2, 0) is 4.74 Å². The van der Waals surface area contributed by atoms with Gasteiger partial charge in [-0.15, -0.1) is 16.4 Å². The van der Waals surface area contributed by atoms with Crippen LogP contribution in [0.5, 0.6) is 0 Å². The van der Waals surface area contributed by atoms with Crippen LogP contribution in [0.25, 0.3) is 16.5 Å². The van der Waals surface area contributed by atoms with Gasteiger partial charge in [-0.25, -0.2) is 9.97 Å². The zero-order valence-electron chi connectivity index (χ0n) is 12.3. The molecule has 1 atom stereocenters. The Balaban J connectivity index is 1.74. The quantitative estimate of drug-likeness (QED) is 0.742. The van der Waals surface area contributed by atoms with Crippen molar-refractivity contribution in [3.05, 3.63) is 47.2 Å². The fraction of sp³-hybridized carbons (Fsp3) is 0.312. The van der Waals surface area contributed by atoms with Gasteiger partial charge in [0.1, 0.15) is 5.82 Å². The van der Waals surface area contributed by atoms with Crippen molar-refractivity contribution < 1.29 is 4.74 Å². The average Bonchev–Trinajstić information content (AvgIpc) is 3.27.